The number of aliphatic hydroxyl groups excluding tert-OH is 1. The highest BCUT2D eigenvalue weighted by Crippen LogP contribution is 2.24. The fourth-order valence-electron chi connectivity index (χ4n) is 3.07. The Balaban J connectivity index is 1.73. The second-order valence-electron chi connectivity index (χ2n) is 5.48. The zero-order valence-corrected chi connectivity index (χ0v) is 11.5. The fourth-order valence-corrected chi connectivity index (χ4v) is 3.07. The predicted octanol–water partition coefficient (Wildman–Crippen LogP) is 0.429. The summed E-state index contributed by atoms with van der Waals surface area (Å²) in [6.07, 6.45) is 6.51. The van der Waals surface area contributed by atoms with Gasteiger partial charge in [0.15, 0.2) is 0 Å². The number of aromatic nitrogens is 2. The maximum absolute atomic E-state index is 12.6. The van der Waals surface area contributed by atoms with Crippen molar-refractivity contribution in [1.29, 1.82) is 0 Å². The number of β-amino-alcohol motifs (C(OH)–C–C–N with tert-alkyl or cyclic N) is 1. The smallest absolute Gasteiger partial charge is 0.245 e. The Labute approximate surface area is 118 Å². The van der Waals surface area contributed by atoms with E-state index in [-0.39, 0.29) is 18.1 Å². The van der Waals surface area contributed by atoms with Crippen LogP contribution in [-0.2, 0) is 4.79 Å². The molecule has 20 heavy (non-hydrogen) atoms. The maximum Gasteiger partial charge on any atom is 0.245 e. The number of nitrogens with zero attached hydrogens (tertiary/aromatic N) is 4. The van der Waals surface area contributed by atoms with E-state index in [0.29, 0.717) is 12.5 Å². The van der Waals surface area contributed by atoms with Gasteiger partial charge in [-0.15, -0.1) is 0 Å². The standard InChI is InChI=1S/C14H20N4O2/c19-11-4-1-8-17(10-11)13(20)12-5-2-9-18(12)14-15-6-3-7-16-14/h3,6-7,11-12,19H,1-2,4-5,8-10H2/t11-,12-/m0/s1. The minimum Gasteiger partial charge on any atom is -0.391 e. The monoisotopic (exact) mass is 276 g/mol. The van der Waals surface area contributed by atoms with Crippen LogP contribution in [0.1, 0.15) is 25.7 Å². The van der Waals surface area contributed by atoms with E-state index in [9.17, 15) is 9.90 Å². The van der Waals surface area contributed by atoms with E-state index in [2.05, 4.69) is 9.97 Å². The van der Waals surface area contributed by atoms with Crippen LogP contribution in [0.5, 0.6) is 0 Å². The Morgan fingerprint density at radius 2 is 1.95 bits per heavy atom. The number of aliphatic hydroxyl groups is 1. The van der Waals surface area contributed by atoms with Crippen molar-refractivity contribution >= 4 is 11.9 Å². The molecular formula is C14H20N4O2. The normalized spacial score (nSPS) is 26.9. The molecule has 2 fully saturated rings. The van der Waals surface area contributed by atoms with Gasteiger partial charge in [-0.1, -0.05) is 0 Å². The van der Waals surface area contributed by atoms with Crippen LogP contribution < -0.4 is 4.90 Å². The number of likely N-dealkylation sites (tertiary alicyclic amines) is 1. The molecule has 0 spiro atoms. The predicted molar refractivity (Wildman–Crippen MR) is 74.2 cm³/mol. The first kappa shape index (κ1) is 13.3. The number of hydrogen-bond acceptors (Lipinski definition) is 5. The van der Waals surface area contributed by atoms with Crippen molar-refractivity contribution in [3.8, 4) is 0 Å². The summed E-state index contributed by atoms with van der Waals surface area (Å²) in [6, 6.07) is 1.60. The van der Waals surface area contributed by atoms with Gasteiger partial charge in [-0.3, -0.25) is 4.79 Å². The summed E-state index contributed by atoms with van der Waals surface area (Å²) in [6.45, 7) is 2.02. The summed E-state index contributed by atoms with van der Waals surface area (Å²) in [7, 11) is 0. The molecule has 1 aromatic rings. The summed E-state index contributed by atoms with van der Waals surface area (Å²) in [4.78, 5) is 24.9. The number of amides is 1. The van der Waals surface area contributed by atoms with Gasteiger partial charge in [0.1, 0.15) is 6.04 Å². The summed E-state index contributed by atoms with van der Waals surface area (Å²) >= 11 is 0. The third kappa shape index (κ3) is 2.60. The number of hydrogen-bond donors (Lipinski definition) is 1. The number of piperidine rings is 1. The lowest BCUT2D eigenvalue weighted by Crippen LogP contribution is -2.50. The minimum absolute atomic E-state index is 0.105. The summed E-state index contributed by atoms with van der Waals surface area (Å²) in [5.41, 5.74) is 0. The molecule has 6 nitrogen and oxygen atoms in total. The largest absolute Gasteiger partial charge is 0.391 e. The number of carbonyl (C=O) groups excluding carboxylic acids is 1. The van der Waals surface area contributed by atoms with Crippen molar-refractivity contribution in [1.82, 2.24) is 14.9 Å². The van der Waals surface area contributed by atoms with Gasteiger partial charge >= 0.3 is 0 Å². The van der Waals surface area contributed by atoms with Crippen LogP contribution in [0.4, 0.5) is 5.95 Å². The van der Waals surface area contributed by atoms with Gasteiger partial charge in [-0.05, 0) is 31.7 Å². The molecular weight excluding hydrogens is 256 g/mol. The second-order valence-corrected chi connectivity index (χ2v) is 5.48. The topological polar surface area (TPSA) is 69.6 Å². The van der Waals surface area contributed by atoms with Crippen LogP contribution in [0.2, 0.25) is 0 Å². The Morgan fingerprint density at radius 1 is 1.20 bits per heavy atom. The number of rotatable bonds is 2. The molecule has 3 rings (SSSR count). The van der Waals surface area contributed by atoms with Crippen molar-refractivity contribution < 1.29 is 9.90 Å². The van der Waals surface area contributed by atoms with Gasteiger partial charge in [0.25, 0.3) is 0 Å². The van der Waals surface area contributed by atoms with E-state index >= 15 is 0 Å². The molecule has 1 N–H and O–H groups in total. The van der Waals surface area contributed by atoms with Crippen molar-refractivity contribution in [2.24, 2.45) is 0 Å². The molecule has 0 radical (unpaired) electrons. The molecule has 108 valence electrons. The second kappa shape index (κ2) is 5.75. The number of carbonyl (C=O) groups is 1. The molecule has 0 aromatic carbocycles. The molecule has 1 amide bonds. The van der Waals surface area contributed by atoms with Crippen molar-refractivity contribution in [2.75, 3.05) is 24.5 Å². The quantitative estimate of drug-likeness (QED) is 0.848. The van der Waals surface area contributed by atoms with Crippen LogP contribution in [0, 0.1) is 0 Å². The lowest BCUT2D eigenvalue weighted by Gasteiger charge is -2.34. The Hall–Kier alpha value is -1.69. The number of anilines is 1. The SMILES string of the molecule is O=C([C@@H]1CCCN1c1ncccn1)N1CCC[C@H](O)C1. The van der Waals surface area contributed by atoms with E-state index in [1.165, 1.54) is 0 Å². The average Bonchev–Trinajstić information content (AvgIpc) is 2.97. The van der Waals surface area contributed by atoms with Gasteiger partial charge in [-0.2, -0.15) is 0 Å². The molecule has 3 heterocycles. The Bertz CT molecular complexity index is 468. The average molecular weight is 276 g/mol. The lowest BCUT2D eigenvalue weighted by atomic mass is 10.1. The molecule has 6 heteroatoms. The van der Waals surface area contributed by atoms with Crippen molar-refractivity contribution in [3.63, 3.8) is 0 Å². The van der Waals surface area contributed by atoms with Gasteiger partial charge in [-0.25, -0.2) is 9.97 Å². The highest BCUT2D eigenvalue weighted by Gasteiger charge is 2.36. The molecule has 2 atom stereocenters. The Kier molecular flexibility index (Phi) is 3.82. The molecule has 2 aliphatic heterocycles. The first-order valence-corrected chi connectivity index (χ1v) is 7.26. The fraction of sp³-hybridized carbons (Fsp3) is 0.643. The van der Waals surface area contributed by atoms with Crippen LogP contribution in [0.25, 0.3) is 0 Å². The van der Waals surface area contributed by atoms with E-state index < -0.39 is 0 Å². The summed E-state index contributed by atoms with van der Waals surface area (Å²) in [5.74, 6) is 0.731. The molecule has 0 bridgehead atoms. The van der Waals surface area contributed by atoms with E-state index in [1.54, 1.807) is 23.4 Å². The van der Waals surface area contributed by atoms with Gasteiger partial charge in [0, 0.05) is 32.0 Å². The van der Waals surface area contributed by atoms with Gasteiger partial charge in [0.2, 0.25) is 11.9 Å². The highest BCUT2D eigenvalue weighted by atomic mass is 16.3. The molecule has 2 saturated heterocycles. The molecule has 0 aliphatic carbocycles. The van der Waals surface area contributed by atoms with Crippen LogP contribution in [0.3, 0.4) is 0 Å². The minimum atomic E-state index is -0.379. The molecule has 2 aliphatic rings. The maximum atomic E-state index is 12.6. The van der Waals surface area contributed by atoms with E-state index in [1.807, 2.05) is 4.90 Å². The van der Waals surface area contributed by atoms with Crippen molar-refractivity contribution in [3.05, 3.63) is 18.5 Å². The summed E-state index contributed by atoms with van der Waals surface area (Å²) < 4.78 is 0. The van der Waals surface area contributed by atoms with Crippen LogP contribution >= 0.6 is 0 Å². The molecule has 1 aromatic heterocycles. The molecule has 0 saturated carbocycles. The first-order valence-electron chi connectivity index (χ1n) is 7.26. The highest BCUT2D eigenvalue weighted by molar-refractivity contribution is 5.85. The van der Waals surface area contributed by atoms with E-state index in [4.69, 9.17) is 0 Å². The first-order chi connectivity index (χ1) is 9.75. The van der Waals surface area contributed by atoms with Crippen molar-refractivity contribution in [2.45, 2.75) is 37.8 Å². The van der Waals surface area contributed by atoms with Gasteiger partial charge < -0.3 is 14.9 Å². The zero-order valence-electron chi connectivity index (χ0n) is 11.5. The van der Waals surface area contributed by atoms with Gasteiger partial charge in [0.05, 0.1) is 6.10 Å². The lowest BCUT2D eigenvalue weighted by molar-refractivity contribution is -0.135. The zero-order chi connectivity index (χ0) is 13.9. The third-order valence-electron chi connectivity index (χ3n) is 4.06. The Morgan fingerprint density at radius 3 is 2.70 bits per heavy atom. The third-order valence-corrected chi connectivity index (χ3v) is 4.06. The van der Waals surface area contributed by atoms with Crippen LogP contribution in [0.15, 0.2) is 18.5 Å². The summed E-state index contributed by atoms with van der Waals surface area (Å²) in [5, 5.41) is 9.72. The molecule has 0 unspecified atom stereocenters. The van der Waals surface area contributed by atoms with E-state index in [0.717, 1.165) is 38.8 Å². The van der Waals surface area contributed by atoms with Crippen LogP contribution in [-0.4, -0.2) is 57.7 Å².